The molecule has 1 aliphatic carbocycles. The fraction of sp³-hybridized carbons (Fsp3) is 0.429. The van der Waals surface area contributed by atoms with E-state index in [-0.39, 0.29) is 11.6 Å². The summed E-state index contributed by atoms with van der Waals surface area (Å²) < 4.78 is 11.0. The van der Waals surface area contributed by atoms with E-state index in [4.69, 9.17) is 14.7 Å². The third-order valence-corrected chi connectivity index (χ3v) is 6.00. The van der Waals surface area contributed by atoms with Gasteiger partial charge >= 0.3 is 0 Å². The van der Waals surface area contributed by atoms with E-state index in [9.17, 15) is 9.59 Å². The van der Waals surface area contributed by atoms with E-state index in [1.54, 1.807) is 20.0 Å². The number of carbonyl (C=O) groups is 2. The van der Waals surface area contributed by atoms with E-state index >= 15 is 0 Å². The summed E-state index contributed by atoms with van der Waals surface area (Å²) in [4.78, 5) is 31.9. The molecule has 29 heavy (non-hydrogen) atoms. The second-order valence-electron chi connectivity index (χ2n) is 7.80. The number of likely N-dealkylation sites (N-methyl/N-ethyl adjacent to an activating group) is 1. The molecule has 2 amide bonds. The number of carbonyl (C=O) groups excluding carboxylic acids is 2. The van der Waals surface area contributed by atoms with Crippen LogP contribution in [0, 0.1) is 20.8 Å². The molecule has 0 aliphatic heterocycles. The first kappa shape index (κ1) is 19.2. The fourth-order valence-electron chi connectivity index (χ4n) is 4.37. The van der Waals surface area contributed by atoms with Crippen LogP contribution in [0.4, 0.5) is 0 Å². The highest BCUT2D eigenvalue weighted by atomic mass is 16.5. The van der Waals surface area contributed by atoms with Crippen molar-refractivity contribution in [3.05, 3.63) is 34.9 Å². The number of furan rings is 1. The number of nitrogens with zero attached hydrogens (tertiary/aromatic N) is 3. The fourth-order valence-corrected chi connectivity index (χ4v) is 4.37. The van der Waals surface area contributed by atoms with E-state index in [0.29, 0.717) is 40.9 Å². The van der Waals surface area contributed by atoms with E-state index in [0.717, 1.165) is 24.2 Å². The third kappa shape index (κ3) is 2.90. The Morgan fingerprint density at radius 2 is 1.86 bits per heavy atom. The molecule has 1 aliphatic rings. The lowest BCUT2D eigenvalue weighted by molar-refractivity contribution is -0.127. The Morgan fingerprint density at radius 3 is 2.45 bits per heavy atom. The summed E-state index contributed by atoms with van der Waals surface area (Å²) in [5.41, 5.74) is 7.31. The zero-order valence-electron chi connectivity index (χ0n) is 17.0. The van der Waals surface area contributed by atoms with Gasteiger partial charge in [0.05, 0.1) is 22.3 Å². The third-order valence-electron chi connectivity index (χ3n) is 6.00. The van der Waals surface area contributed by atoms with E-state index in [2.05, 4.69) is 10.1 Å². The number of pyridine rings is 1. The Kier molecular flexibility index (Phi) is 4.44. The number of hydrogen-bond donors (Lipinski definition) is 1. The Balaban J connectivity index is 1.88. The minimum Gasteiger partial charge on any atom is -0.466 e. The molecule has 4 rings (SSSR count). The summed E-state index contributed by atoms with van der Waals surface area (Å²) in [6, 6.07) is 3.58. The van der Waals surface area contributed by atoms with Crippen molar-refractivity contribution < 1.29 is 18.5 Å². The maximum absolute atomic E-state index is 13.6. The molecular weight excluding hydrogens is 372 g/mol. The van der Waals surface area contributed by atoms with Gasteiger partial charge in [-0.15, -0.1) is 0 Å². The van der Waals surface area contributed by atoms with E-state index < -0.39 is 11.4 Å². The van der Waals surface area contributed by atoms with Crippen LogP contribution >= 0.6 is 0 Å². The Bertz CT molecular complexity index is 1120. The molecule has 8 heteroatoms. The highest BCUT2D eigenvalue weighted by molar-refractivity contribution is 6.08. The predicted molar refractivity (Wildman–Crippen MR) is 106 cm³/mol. The Morgan fingerprint density at radius 1 is 1.17 bits per heavy atom. The number of amides is 2. The first-order valence-corrected chi connectivity index (χ1v) is 9.67. The number of primary amides is 1. The lowest BCUT2D eigenvalue weighted by atomic mass is 9.93. The molecule has 2 N–H and O–H groups in total. The van der Waals surface area contributed by atoms with Gasteiger partial charge in [0.1, 0.15) is 17.1 Å². The van der Waals surface area contributed by atoms with Gasteiger partial charge in [-0.05, 0) is 45.7 Å². The number of aromatic nitrogens is 2. The molecule has 0 bridgehead atoms. The number of rotatable bonds is 4. The molecule has 0 aromatic carbocycles. The van der Waals surface area contributed by atoms with Crippen LogP contribution in [-0.2, 0) is 4.79 Å². The lowest BCUT2D eigenvalue weighted by Crippen LogP contribution is -2.56. The summed E-state index contributed by atoms with van der Waals surface area (Å²) >= 11 is 0. The van der Waals surface area contributed by atoms with Gasteiger partial charge in [-0.25, -0.2) is 4.98 Å². The molecule has 0 saturated heterocycles. The van der Waals surface area contributed by atoms with Gasteiger partial charge in [-0.1, -0.05) is 18.0 Å². The highest BCUT2D eigenvalue weighted by Crippen LogP contribution is 2.37. The average Bonchev–Trinajstić information content (AvgIpc) is 3.39. The Hall–Kier alpha value is -3.16. The van der Waals surface area contributed by atoms with Crippen LogP contribution in [0.1, 0.15) is 53.3 Å². The zero-order chi connectivity index (χ0) is 20.9. The van der Waals surface area contributed by atoms with Crippen molar-refractivity contribution in [2.45, 2.75) is 52.0 Å². The van der Waals surface area contributed by atoms with Crippen LogP contribution in [0.3, 0.4) is 0 Å². The van der Waals surface area contributed by atoms with Gasteiger partial charge in [0.2, 0.25) is 5.91 Å². The van der Waals surface area contributed by atoms with E-state index in [1.807, 2.05) is 19.9 Å². The molecule has 3 aromatic rings. The highest BCUT2D eigenvalue weighted by Gasteiger charge is 2.46. The Labute approximate surface area is 168 Å². The smallest absolute Gasteiger partial charge is 0.259 e. The second kappa shape index (κ2) is 6.72. The summed E-state index contributed by atoms with van der Waals surface area (Å²) in [6.45, 7) is 5.45. The minimum atomic E-state index is -0.972. The molecule has 152 valence electrons. The monoisotopic (exact) mass is 396 g/mol. The number of fused-ring (bicyclic) bond motifs is 1. The number of nitrogens with two attached hydrogens (primary N) is 1. The van der Waals surface area contributed by atoms with Crippen molar-refractivity contribution in [2.24, 2.45) is 5.73 Å². The van der Waals surface area contributed by atoms with Crippen LogP contribution in [0.5, 0.6) is 0 Å². The van der Waals surface area contributed by atoms with Crippen molar-refractivity contribution in [3.8, 4) is 11.3 Å². The zero-order valence-corrected chi connectivity index (χ0v) is 17.0. The van der Waals surface area contributed by atoms with Gasteiger partial charge in [0.25, 0.3) is 11.6 Å². The SMILES string of the molecule is Cc1cc(-c2cc(C(=O)N(C)C3(C(N)=O)CCCC3)c3c(C)noc3n2)c(C)o1. The van der Waals surface area contributed by atoms with Crippen molar-refractivity contribution in [2.75, 3.05) is 7.05 Å². The topological polar surface area (TPSA) is 115 Å². The standard InChI is InChI=1S/C21H24N4O4/c1-11-9-14(13(3)28-11)16-10-15(17-12(2)24-29-18(17)23-16)19(26)25(4)21(20(22)27)7-5-6-8-21/h9-10H,5-8H2,1-4H3,(H2,22,27). The quantitative estimate of drug-likeness (QED) is 0.723. The molecule has 1 saturated carbocycles. The maximum atomic E-state index is 13.6. The van der Waals surface area contributed by atoms with Crippen LogP contribution in [0.2, 0.25) is 0 Å². The van der Waals surface area contributed by atoms with Crippen molar-refractivity contribution in [1.82, 2.24) is 15.0 Å². The van der Waals surface area contributed by atoms with Gasteiger partial charge in [-0.2, -0.15) is 0 Å². The van der Waals surface area contributed by atoms with Gasteiger partial charge < -0.3 is 19.6 Å². The first-order valence-electron chi connectivity index (χ1n) is 9.67. The maximum Gasteiger partial charge on any atom is 0.259 e. The summed E-state index contributed by atoms with van der Waals surface area (Å²) in [7, 11) is 1.64. The molecular formula is C21H24N4O4. The molecule has 3 aromatic heterocycles. The van der Waals surface area contributed by atoms with Gasteiger partial charge in [0, 0.05) is 12.6 Å². The van der Waals surface area contributed by atoms with Crippen molar-refractivity contribution in [3.63, 3.8) is 0 Å². The van der Waals surface area contributed by atoms with Crippen molar-refractivity contribution >= 4 is 22.9 Å². The summed E-state index contributed by atoms with van der Waals surface area (Å²) in [6.07, 6.45) is 2.84. The first-order chi connectivity index (χ1) is 13.7. The summed E-state index contributed by atoms with van der Waals surface area (Å²) in [5.74, 6) is 0.668. The van der Waals surface area contributed by atoms with Crippen LogP contribution in [-0.4, -0.2) is 39.4 Å². The molecule has 0 unspecified atom stereocenters. The molecule has 8 nitrogen and oxygen atoms in total. The number of hydrogen-bond acceptors (Lipinski definition) is 6. The largest absolute Gasteiger partial charge is 0.466 e. The predicted octanol–water partition coefficient (Wildman–Crippen LogP) is 3.28. The van der Waals surface area contributed by atoms with Crippen LogP contribution in [0.15, 0.2) is 21.1 Å². The normalized spacial score (nSPS) is 15.7. The van der Waals surface area contributed by atoms with Gasteiger partial charge in [0.15, 0.2) is 0 Å². The number of aryl methyl sites for hydroxylation is 3. The molecule has 0 radical (unpaired) electrons. The molecule has 1 fully saturated rings. The van der Waals surface area contributed by atoms with Crippen molar-refractivity contribution in [1.29, 1.82) is 0 Å². The minimum absolute atomic E-state index is 0.273. The second-order valence-corrected chi connectivity index (χ2v) is 7.80. The lowest BCUT2D eigenvalue weighted by Gasteiger charge is -2.36. The molecule has 0 atom stereocenters. The van der Waals surface area contributed by atoms with Crippen LogP contribution in [0.25, 0.3) is 22.4 Å². The van der Waals surface area contributed by atoms with Crippen LogP contribution < -0.4 is 5.73 Å². The molecule has 3 heterocycles. The molecule has 0 spiro atoms. The van der Waals surface area contributed by atoms with E-state index in [1.165, 1.54) is 4.90 Å². The average molecular weight is 396 g/mol. The summed E-state index contributed by atoms with van der Waals surface area (Å²) in [5, 5.41) is 4.53. The van der Waals surface area contributed by atoms with Gasteiger partial charge in [-0.3, -0.25) is 9.59 Å².